The van der Waals surface area contributed by atoms with Crippen molar-refractivity contribution in [1.29, 1.82) is 0 Å². The zero-order valence-corrected chi connectivity index (χ0v) is 14.1. The Morgan fingerprint density at radius 1 is 1.42 bits per heavy atom. The van der Waals surface area contributed by atoms with Gasteiger partial charge in [0, 0.05) is 0 Å². The summed E-state index contributed by atoms with van der Waals surface area (Å²) in [5, 5.41) is 0. The van der Waals surface area contributed by atoms with Crippen LogP contribution in [0.4, 0.5) is 0 Å². The predicted octanol–water partition coefficient (Wildman–Crippen LogP) is 4.91. The summed E-state index contributed by atoms with van der Waals surface area (Å²) in [6.07, 6.45) is 7.78. The minimum atomic E-state index is -0.337. The van der Waals surface area contributed by atoms with E-state index in [0.29, 0.717) is 4.48 Å². The Morgan fingerprint density at radius 3 is 2.58 bits per heavy atom. The molecule has 0 spiro atoms. The Labute approximate surface area is 124 Å². The highest BCUT2D eigenvalue weighted by Crippen LogP contribution is 2.40. The van der Waals surface area contributed by atoms with Gasteiger partial charge in [-0.1, -0.05) is 31.6 Å². The number of allylic oxidation sites excluding steroid dienone is 5. The summed E-state index contributed by atoms with van der Waals surface area (Å²) in [5.74, 6) is -0.337. The van der Waals surface area contributed by atoms with Gasteiger partial charge in [0.2, 0.25) is 0 Å². The first-order chi connectivity index (χ1) is 8.79. The van der Waals surface area contributed by atoms with Gasteiger partial charge in [0.1, 0.15) is 4.48 Å². The number of hydrogen-bond acceptors (Lipinski definition) is 2. The molecule has 2 nitrogen and oxygen atoms in total. The van der Waals surface area contributed by atoms with Crippen molar-refractivity contribution in [1.82, 2.24) is 0 Å². The van der Waals surface area contributed by atoms with Crippen molar-refractivity contribution in [3.63, 3.8) is 0 Å². The molecule has 0 aliphatic heterocycles. The first-order valence-electron chi connectivity index (χ1n) is 6.62. The van der Waals surface area contributed by atoms with Gasteiger partial charge < -0.3 is 4.74 Å². The molecule has 0 aromatic carbocycles. The molecule has 1 aliphatic carbocycles. The summed E-state index contributed by atoms with van der Waals surface area (Å²) >= 11 is 3.28. The molecule has 0 atom stereocenters. The number of hydrogen-bond donors (Lipinski definition) is 0. The standard InChI is InChI=1S/C16H23BrO2/c1-11-7-6-10-16(3,4)13(11)9-8-12(2)14(17)15(18)19-5/h8-9H,6-7,10H2,1-5H3/b9-8+,14-12+. The van der Waals surface area contributed by atoms with Crippen molar-refractivity contribution in [3.05, 3.63) is 33.4 Å². The van der Waals surface area contributed by atoms with E-state index in [2.05, 4.69) is 42.8 Å². The second kappa shape index (κ2) is 6.56. The van der Waals surface area contributed by atoms with Gasteiger partial charge in [0.25, 0.3) is 0 Å². The summed E-state index contributed by atoms with van der Waals surface area (Å²) in [7, 11) is 1.39. The highest BCUT2D eigenvalue weighted by Gasteiger charge is 2.26. The lowest BCUT2D eigenvalue weighted by Crippen LogP contribution is -2.19. The molecule has 0 heterocycles. The van der Waals surface area contributed by atoms with Gasteiger partial charge >= 0.3 is 5.97 Å². The lowest BCUT2D eigenvalue weighted by molar-refractivity contribution is -0.135. The lowest BCUT2D eigenvalue weighted by Gasteiger charge is -2.33. The highest BCUT2D eigenvalue weighted by atomic mass is 79.9. The van der Waals surface area contributed by atoms with Crippen LogP contribution < -0.4 is 0 Å². The van der Waals surface area contributed by atoms with Crippen LogP contribution in [0.25, 0.3) is 0 Å². The van der Waals surface area contributed by atoms with Crippen LogP contribution in [0, 0.1) is 5.41 Å². The second-order valence-corrected chi connectivity index (χ2v) is 6.55. The molecule has 0 aromatic rings. The van der Waals surface area contributed by atoms with Crippen LogP contribution in [0.3, 0.4) is 0 Å². The van der Waals surface area contributed by atoms with Crippen LogP contribution in [0.5, 0.6) is 0 Å². The molecule has 106 valence electrons. The molecule has 0 N–H and O–H groups in total. The van der Waals surface area contributed by atoms with Gasteiger partial charge in [-0.3, -0.25) is 0 Å². The number of carbonyl (C=O) groups is 1. The van der Waals surface area contributed by atoms with Gasteiger partial charge in [-0.15, -0.1) is 0 Å². The van der Waals surface area contributed by atoms with Crippen molar-refractivity contribution in [2.45, 2.75) is 47.0 Å². The first-order valence-corrected chi connectivity index (χ1v) is 7.42. The molecular formula is C16H23BrO2. The molecule has 3 heteroatoms. The Kier molecular flexibility index (Phi) is 5.60. The van der Waals surface area contributed by atoms with Crippen LogP contribution in [0.2, 0.25) is 0 Å². The average Bonchev–Trinajstić information content (AvgIpc) is 2.35. The molecule has 19 heavy (non-hydrogen) atoms. The van der Waals surface area contributed by atoms with E-state index in [1.807, 2.05) is 13.0 Å². The Hall–Kier alpha value is -0.830. The van der Waals surface area contributed by atoms with E-state index in [1.165, 1.54) is 37.5 Å². The molecule has 0 unspecified atom stereocenters. The molecule has 0 saturated carbocycles. The van der Waals surface area contributed by atoms with E-state index in [-0.39, 0.29) is 11.4 Å². The Bertz CT molecular complexity index is 453. The summed E-state index contributed by atoms with van der Waals surface area (Å²) < 4.78 is 5.18. The van der Waals surface area contributed by atoms with Gasteiger partial charge in [0.05, 0.1) is 7.11 Å². The summed E-state index contributed by atoms with van der Waals surface area (Å²) in [5.41, 5.74) is 3.95. The molecule has 0 amide bonds. The molecule has 0 aromatic heterocycles. The number of carbonyl (C=O) groups excluding carboxylic acids is 1. The SMILES string of the molecule is COC(=O)/C(Br)=C(C)\C=C\C1=C(C)CCCC1(C)C. The Balaban J connectivity index is 3.01. The molecule has 0 bridgehead atoms. The number of rotatable bonds is 3. The first kappa shape index (κ1) is 16.2. The fourth-order valence-corrected chi connectivity index (χ4v) is 2.84. The average molecular weight is 327 g/mol. The van der Waals surface area contributed by atoms with Crippen molar-refractivity contribution in [3.8, 4) is 0 Å². The van der Waals surface area contributed by atoms with Crippen LogP contribution in [-0.4, -0.2) is 13.1 Å². The van der Waals surface area contributed by atoms with Crippen molar-refractivity contribution in [2.24, 2.45) is 5.41 Å². The minimum Gasteiger partial charge on any atom is -0.465 e. The van der Waals surface area contributed by atoms with Crippen LogP contribution in [0.1, 0.15) is 47.0 Å². The largest absolute Gasteiger partial charge is 0.465 e. The Morgan fingerprint density at radius 2 is 2.05 bits per heavy atom. The minimum absolute atomic E-state index is 0.219. The fraction of sp³-hybridized carbons (Fsp3) is 0.562. The molecule has 0 fully saturated rings. The molecule has 1 aliphatic rings. The maximum atomic E-state index is 11.4. The number of methoxy groups -OCH3 is 1. The molecular weight excluding hydrogens is 304 g/mol. The van der Waals surface area contributed by atoms with Crippen molar-refractivity contribution < 1.29 is 9.53 Å². The third-order valence-corrected chi connectivity index (χ3v) is 4.70. The zero-order valence-electron chi connectivity index (χ0n) is 12.5. The van der Waals surface area contributed by atoms with Crippen LogP contribution in [-0.2, 0) is 9.53 Å². The van der Waals surface area contributed by atoms with E-state index in [0.717, 1.165) is 5.57 Å². The quantitative estimate of drug-likeness (QED) is 0.418. The van der Waals surface area contributed by atoms with E-state index < -0.39 is 0 Å². The van der Waals surface area contributed by atoms with E-state index in [9.17, 15) is 4.79 Å². The van der Waals surface area contributed by atoms with E-state index in [4.69, 9.17) is 4.74 Å². The van der Waals surface area contributed by atoms with E-state index >= 15 is 0 Å². The highest BCUT2D eigenvalue weighted by molar-refractivity contribution is 9.12. The third-order valence-electron chi connectivity index (χ3n) is 3.75. The maximum absolute atomic E-state index is 11.4. The molecule has 0 radical (unpaired) electrons. The van der Waals surface area contributed by atoms with Crippen LogP contribution in [0.15, 0.2) is 33.4 Å². The van der Waals surface area contributed by atoms with Crippen molar-refractivity contribution >= 4 is 21.9 Å². The zero-order chi connectivity index (χ0) is 14.6. The summed E-state index contributed by atoms with van der Waals surface area (Å²) in [6.45, 7) is 8.67. The summed E-state index contributed by atoms with van der Waals surface area (Å²) in [4.78, 5) is 11.4. The van der Waals surface area contributed by atoms with Gasteiger partial charge in [-0.25, -0.2) is 4.79 Å². The third kappa shape index (κ3) is 4.07. The van der Waals surface area contributed by atoms with Gasteiger partial charge in [-0.2, -0.15) is 0 Å². The van der Waals surface area contributed by atoms with Gasteiger partial charge in [-0.05, 0) is 65.6 Å². The second-order valence-electron chi connectivity index (χ2n) is 5.75. The maximum Gasteiger partial charge on any atom is 0.345 e. The monoisotopic (exact) mass is 326 g/mol. The smallest absolute Gasteiger partial charge is 0.345 e. The molecule has 1 rings (SSSR count). The predicted molar refractivity (Wildman–Crippen MR) is 83.1 cm³/mol. The molecule has 0 saturated heterocycles. The number of ether oxygens (including phenoxy) is 1. The fourth-order valence-electron chi connectivity index (χ4n) is 2.54. The van der Waals surface area contributed by atoms with E-state index in [1.54, 1.807) is 0 Å². The normalized spacial score (nSPS) is 20.5. The topological polar surface area (TPSA) is 26.3 Å². The number of esters is 1. The summed E-state index contributed by atoms with van der Waals surface area (Å²) in [6, 6.07) is 0. The lowest BCUT2D eigenvalue weighted by atomic mass is 9.72. The van der Waals surface area contributed by atoms with Crippen molar-refractivity contribution in [2.75, 3.05) is 7.11 Å². The van der Waals surface area contributed by atoms with Gasteiger partial charge in [0.15, 0.2) is 0 Å². The van der Waals surface area contributed by atoms with Crippen LogP contribution >= 0.6 is 15.9 Å². The number of halogens is 1.